The monoisotopic (exact) mass is 163 g/mol. The SMILES string of the molecule is C.Cc1cccc(C)c1OC#N. The lowest BCUT2D eigenvalue weighted by Gasteiger charge is -2.03. The van der Waals surface area contributed by atoms with Gasteiger partial charge in [-0.1, -0.05) is 25.6 Å². The number of ether oxygens (including phenoxy) is 1. The second kappa shape index (κ2) is 4.40. The molecule has 0 bridgehead atoms. The number of hydrogen-bond acceptors (Lipinski definition) is 2. The Morgan fingerprint density at radius 2 is 1.75 bits per heavy atom. The van der Waals surface area contributed by atoms with Crippen LogP contribution in [0.2, 0.25) is 0 Å². The van der Waals surface area contributed by atoms with Crippen molar-refractivity contribution >= 4 is 0 Å². The van der Waals surface area contributed by atoms with Crippen molar-refractivity contribution in [2.75, 3.05) is 0 Å². The molecule has 64 valence electrons. The Balaban J connectivity index is 0.00000121. The third-order valence-corrected chi connectivity index (χ3v) is 1.56. The van der Waals surface area contributed by atoms with Crippen LogP contribution in [-0.4, -0.2) is 0 Å². The van der Waals surface area contributed by atoms with Crippen molar-refractivity contribution in [1.82, 2.24) is 0 Å². The molecule has 1 aromatic rings. The minimum Gasteiger partial charge on any atom is -0.387 e. The lowest BCUT2D eigenvalue weighted by molar-refractivity contribution is 0.499. The molecule has 0 radical (unpaired) electrons. The molecule has 1 rings (SSSR count). The van der Waals surface area contributed by atoms with Crippen molar-refractivity contribution in [2.24, 2.45) is 0 Å². The number of para-hydroxylation sites is 1. The van der Waals surface area contributed by atoms with Gasteiger partial charge in [-0.05, 0) is 25.0 Å². The number of benzene rings is 1. The summed E-state index contributed by atoms with van der Waals surface area (Å²) in [5.74, 6) is 0.676. The van der Waals surface area contributed by atoms with Crippen LogP contribution in [0.15, 0.2) is 18.2 Å². The van der Waals surface area contributed by atoms with Gasteiger partial charge in [0.15, 0.2) is 0 Å². The summed E-state index contributed by atoms with van der Waals surface area (Å²) < 4.78 is 4.77. The van der Waals surface area contributed by atoms with Crippen LogP contribution in [0, 0.1) is 25.4 Å². The Kier molecular flexibility index (Phi) is 3.85. The van der Waals surface area contributed by atoms with E-state index in [0.29, 0.717) is 5.75 Å². The third kappa shape index (κ3) is 2.00. The summed E-state index contributed by atoms with van der Waals surface area (Å²) in [5, 5.41) is 8.30. The standard InChI is InChI=1S/C9H9NO.CH4/c1-7-4-3-5-8(2)9(7)11-6-10;/h3-5H,1-2H3;1H4. The van der Waals surface area contributed by atoms with Crippen molar-refractivity contribution in [2.45, 2.75) is 21.3 Å². The van der Waals surface area contributed by atoms with Crippen LogP contribution >= 0.6 is 0 Å². The summed E-state index contributed by atoms with van der Waals surface area (Å²) in [7, 11) is 0. The van der Waals surface area contributed by atoms with Crippen LogP contribution in [0.25, 0.3) is 0 Å². The van der Waals surface area contributed by atoms with Gasteiger partial charge in [-0.2, -0.15) is 0 Å². The Bertz CT molecular complexity index is 279. The number of rotatable bonds is 1. The molecule has 0 heterocycles. The first-order chi connectivity index (χ1) is 5.25. The average molecular weight is 163 g/mol. The molecule has 0 spiro atoms. The maximum absolute atomic E-state index is 8.30. The number of nitrogens with zero attached hydrogens (tertiary/aromatic N) is 1. The molecule has 0 aliphatic heterocycles. The zero-order valence-electron chi connectivity index (χ0n) is 6.59. The van der Waals surface area contributed by atoms with E-state index in [-0.39, 0.29) is 7.43 Å². The van der Waals surface area contributed by atoms with Crippen LogP contribution in [-0.2, 0) is 0 Å². The van der Waals surface area contributed by atoms with Gasteiger partial charge in [0, 0.05) is 0 Å². The van der Waals surface area contributed by atoms with Gasteiger partial charge in [0.05, 0.1) is 0 Å². The van der Waals surface area contributed by atoms with Gasteiger partial charge in [0.1, 0.15) is 5.75 Å². The number of aryl methyl sites for hydroxylation is 2. The molecule has 1 aromatic carbocycles. The quantitative estimate of drug-likeness (QED) is 0.596. The molecule has 0 aromatic heterocycles. The molecule has 2 nitrogen and oxygen atoms in total. The smallest absolute Gasteiger partial charge is 0.292 e. The minimum atomic E-state index is 0. The molecular weight excluding hydrogens is 150 g/mol. The van der Waals surface area contributed by atoms with Crippen molar-refractivity contribution in [1.29, 1.82) is 5.26 Å². The lowest BCUT2D eigenvalue weighted by atomic mass is 10.1. The average Bonchev–Trinajstić information content (AvgIpc) is 1.97. The highest BCUT2D eigenvalue weighted by Gasteiger charge is 2.01. The van der Waals surface area contributed by atoms with E-state index in [9.17, 15) is 0 Å². The van der Waals surface area contributed by atoms with Gasteiger partial charge in [0.2, 0.25) is 0 Å². The minimum absolute atomic E-state index is 0. The van der Waals surface area contributed by atoms with E-state index in [4.69, 9.17) is 10.00 Å². The summed E-state index contributed by atoms with van der Waals surface area (Å²) in [6.07, 6.45) is 1.67. The first-order valence-electron chi connectivity index (χ1n) is 3.38. The Labute approximate surface area is 73.4 Å². The zero-order valence-corrected chi connectivity index (χ0v) is 6.59. The summed E-state index contributed by atoms with van der Waals surface area (Å²) in [5.41, 5.74) is 1.98. The molecule has 0 saturated heterocycles. The normalized spacial score (nSPS) is 8.08. The van der Waals surface area contributed by atoms with Crippen LogP contribution in [0.5, 0.6) is 5.75 Å². The molecule has 0 atom stereocenters. The lowest BCUT2D eigenvalue weighted by Crippen LogP contribution is -1.88. The van der Waals surface area contributed by atoms with Gasteiger partial charge < -0.3 is 4.74 Å². The molecule has 12 heavy (non-hydrogen) atoms. The first-order valence-corrected chi connectivity index (χ1v) is 3.38. The molecule has 0 aliphatic rings. The van der Waals surface area contributed by atoms with E-state index in [1.165, 1.54) is 0 Å². The van der Waals surface area contributed by atoms with Crippen LogP contribution in [0.4, 0.5) is 0 Å². The van der Waals surface area contributed by atoms with Gasteiger partial charge >= 0.3 is 0 Å². The number of hydrogen-bond donors (Lipinski definition) is 0. The molecular formula is C10H13NO. The molecule has 0 aliphatic carbocycles. The van der Waals surface area contributed by atoms with E-state index in [1.807, 2.05) is 32.0 Å². The summed E-state index contributed by atoms with van der Waals surface area (Å²) in [6, 6.07) is 5.77. The molecule has 0 fully saturated rings. The van der Waals surface area contributed by atoms with Crippen LogP contribution in [0.1, 0.15) is 18.6 Å². The maximum atomic E-state index is 8.30. The van der Waals surface area contributed by atoms with Crippen molar-refractivity contribution in [3.8, 4) is 12.0 Å². The Morgan fingerprint density at radius 1 is 1.25 bits per heavy atom. The second-order valence-corrected chi connectivity index (χ2v) is 2.41. The van der Waals surface area contributed by atoms with E-state index < -0.39 is 0 Å². The van der Waals surface area contributed by atoms with Crippen LogP contribution < -0.4 is 4.74 Å². The number of nitriles is 1. The predicted molar refractivity (Wildman–Crippen MR) is 48.9 cm³/mol. The topological polar surface area (TPSA) is 33.0 Å². The highest BCUT2D eigenvalue weighted by atomic mass is 16.5. The fourth-order valence-corrected chi connectivity index (χ4v) is 1.01. The highest BCUT2D eigenvalue weighted by Crippen LogP contribution is 2.21. The second-order valence-electron chi connectivity index (χ2n) is 2.41. The maximum Gasteiger partial charge on any atom is 0.292 e. The van der Waals surface area contributed by atoms with Crippen LogP contribution in [0.3, 0.4) is 0 Å². The van der Waals surface area contributed by atoms with Crippen molar-refractivity contribution in [3.63, 3.8) is 0 Å². The van der Waals surface area contributed by atoms with E-state index in [0.717, 1.165) is 11.1 Å². The molecule has 0 unspecified atom stereocenters. The van der Waals surface area contributed by atoms with Crippen molar-refractivity contribution in [3.05, 3.63) is 29.3 Å². The van der Waals surface area contributed by atoms with Gasteiger partial charge in [-0.25, -0.2) is 0 Å². The molecule has 2 heteroatoms. The molecule has 0 amide bonds. The highest BCUT2D eigenvalue weighted by molar-refractivity contribution is 5.40. The fourth-order valence-electron chi connectivity index (χ4n) is 1.01. The van der Waals surface area contributed by atoms with Gasteiger partial charge in [-0.15, -0.1) is 5.26 Å². The van der Waals surface area contributed by atoms with Gasteiger partial charge in [0.25, 0.3) is 6.26 Å². The van der Waals surface area contributed by atoms with E-state index in [2.05, 4.69) is 0 Å². The van der Waals surface area contributed by atoms with Gasteiger partial charge in [-0.3, -0.25) is 0 Å². The van der Waals surface area contributed by atoms with E-state index >= 15 is 0 Å². The molecule has 0 N–H and O–H groups in total. The first kappa shape index (κ1) is 10.5. The summed E-state index contributed by atoms with van der Waals surface area (Å²) >= 11 is 0. The van der Waals surface area contributed by atoms with Crippen molar-refractivity contribution < 1.29 is 4.74 Å². The third-order valence-electron chi connectivity index (χ3n) is 1.56. The predicted octanol–water partition coefficient (Wildman–Crippen LogP) is 2.80. The molecule has 0 saturated carbocycles. The Hall–Kier alpha value is -1.49. The summed E-state index contributed by atoms with van der Waals surface area (Å²) in [6.45, 7) is 3.83. The fraction of sp³-hybridized carbons (Fsp3) is 0.300. The largest absolute Gasteiger partial charge is 0.387 e. The Morgan fingerprint density at radius 3 is 2.17 bits per heavy atom. The zero-order chi connectivity index (χ0) is 8.27. The van der Waals surface area contributed by atoms with E-state index in [1.54, 1.807) is 6.26 Å². The summed E-state index contributed by atoms with van der Waals surface area (Å²) in [4.78, 5) is 0.